The van der Waals surface area contributed by atoms with Gasteiger partial charge in [0, 0.05) is 17.8 Å². The Balaban J connectivity index is 0.00000338. The monoisotopic (exact) mass is 378 g/mol. The van der Waals surface area contributed by atoms with Crippen molar-refractivity contribution in [1.82, 2.24) is 5.32 Å². The molecule has 5 nitrogen and oxygen atoms in total. The summed E-state index contributed by atoms with van der Waals surface area (Å²) in [5, 5.41) is 2.93. The number of nitrogens with one attached hydrogen (secondary N) is 1. The van der Waals surface area contributed by atoms with Crippen molar-refractivity contribution in [2.75, 3.05) is 25.5 Å². The van der Waals surface area contributed by atoms with Gasteiger partial charge in [0.25, 0.3) is 5.91 Å². The summed E-state index contributed by atoms with van der Waals surface area (Å²) in [4.78, 5) is 12.3. The van der Waals surface area contributed by atoms with Crippen molar-refractivity contribution >= 4 is 24.0 Å². The molecule has 0 bridgehead atoms. The van der Waals surface area contributed by atoms with E-state index in [4.69, 9.17) is 15.2 Å². The standard InChI is InChI=1S/C20H26N2O3.ClH/c1-3-13-25-18-10-7-16(14-19(18)24-4-2)20(23)22-12-11-15-5-8-17(21)9-6-15;/h5-10,14H,3-4,11-13,21H2,1-2H3,(H,22,23);1H. The first kappa shape index (κ1) is 21.6. The molecule has 0 spiro atoms. The number of rotatable bonds is 9. The van der Waals surface area contributed by atoms with Gasteiger partial charge in [0.15, 0.2) is 11.5 Å². The number of hydrogen-bond donors (Lipinski definition) is 2. The Labute approximate surface area is 161 Å². The third-order valence-electron chi connectivity index (χ3n) is 3.65. The Bertz CT molecular complexity index is 690. The average Bonchev–Trinajstić information content (AvgIpc) is 2.62. The molecule has 0 heterocycles. The molecule has 1 amide bonds. The van der Waals surface area contributed by atoms with E-state index < -0.39 is 0 Å². The molecule has 0 aromatic heterocycles. The largest absolute Gasteiger partial charge is 0.490 e. The van der Waals surface area contributed by atoms with Crippen LogP contribution < -0.4 is 20.5 Å². The molecule has 2 aromatic rings. The number of ether oxygens (including phenoxy) is 2. The Kier molecular flexibility index (Phi) is 9.37. The highest BCUT2D eigenvalue weighted by molar-refractivity contribution is 5.94. The number of amides is 1. The van der Waals surface area contributed by atoms with Crippen LogP contribution in [0.2, 0.25) is 0 Å². The Morgan fingerprint density at radius 2 is 1.77 bits per heavy atom. The van der Waals surface area contributed by atoms with Gasteiger partial charge in [-0.25, -0.2) is 0 Å². The van der Waals surface area contributed by atoms with Gasteiger partial charge in [0.2, 0.25) is 0 Å². The normalized spacial score (nSPS) is 9.92. The second-order valence-electron chi connectivity index (χ2n) is 5.69. The molecule has 26 heavy (non-hydrogen) atoms. The van der Waals surface area contributed by atoms with Gasteiger partial charge < -0.3 is 20.5 Å². The third kappa shape index (κ3) is 6.48. The molecule has 0 aliphatic carbocycles. The van der Waals surface area contributed by atoms with Crippen LogP contribution in [0, 0.1) is 0 Å². The zero-order chi connectivity index (χ0) is 18.1. The molecule has 0 unspecified atom stereocenters. The predicted octanol–water partition coefficient (Wildman–Crippen LogP) is 3.85. The molecule has 2 aromatic carbocycles. The highest BCUT2D eigenvalue weighted by atomic mass is 35.5. The minimum atomic E-state index is -0.126. The summed E-state index contributed by atoms with van der Waals surface area (Å²) in [7, 11) is 0. The van der Waals surface area contributed by atoms with Crippen LogP contribution in [0.4, 0.5) is 5.69 Å². The van der Waals surface area contributed by atoms with Gasteiger partial charge in [-0.2, -0.15) is 0 Å². The van der Waals surface area contributed by atoms with E-state index in [-0.39, 0.29) is 18.3 Å². The molecule has 2 rings (SSSR count). The number of benzene rings is 2. The minimum Gasteiger partial charge on any atom is -0.490 e. The molecule has 6 heteroatoms. The van der Waals surface area contributed by atoms with Gasteiger partial charge >= 0.3 is 0 Å². The van der Waals surface area contributed by atoms with Crippen molar-refractivity contribution in [3.8, 4) is 11.5 Å². The quantitative estimate of drug-likeness (QED) is 0.650. The summed E-state index contributed by atoms with van der Waals surface area (Å²) in [5.41, 5.74) is 8.10. The summed E-state index contributed by atoms with van der Waals surface area (Å²) in [6.07, 6.45) is 1.67. The number of carbonyl (C=O) groups excluding carboxylic acids is 1. The van der Waals surface area contributed by atoms with Crippen LogP contribution in [0.25, 0.3) is 0 Å². The summed E-state index contributed by atoms with van der Waals surface area (Å²) in [6, 6.07) is 12.9. The van der Waals surface area contributed by atoms with Gasteiger partial charge in [-0.3, -0.25) is 4.79 Å². The van der Waals surface area contributed by atoms with Crippen LogP contribution >= 0.6 is 12.4 Å². The lowest BCUT2D eigenvalue weighted by atomic mass is 10.1. The molecule has 0 saturated carbocycles. The zero-order valence-electron chi connectivity index (χ0n) is 15.3. The lowest BCUT2D eigenvalue weighted by molar-refractivity contribution is 0.0953. The van der Waals surface area contributed by atoms with Crippen molar-refractivity contribution < 1.29 is 14.3 Å². The number of anilines is 1. The maximum Gasteiger partial charge on any atom is 0.251 e. The Morgan fingerprint density at radius 1 is 1.04 bits per heavy atom. The van der Waals surface area contributed by atoms with Crippen LogP contribution in [-0.2, 0) is 6.42 Å². The van der Waals surface area contributed by atoms with Crippen LogP contribution in [-0.4, -0.2) is 25.7 Å². The molecule has 0 fully saturated rings. The van der Waals surface area contributed by atoms with E-state index in [1.165, 1.54) is 0 Å². The molecule has 142 valence electrons. The van der Waals surface area contributed by atoms with Crippen molar-refractivity contribution in [2.24, 2.45) is 0 Å². The number of hydrogen-bond acceptors (Lipinski definition) is 4. The zero-order valence-corrected chi connectivity index (χ0v) is 16.1. The molecule has 0 aliphatic heterocycles. The summed E-state index contributed by atoms with van der Waals surface area (Å²) >= 11 is 0. The second-order valence-corrected chi connectivity index (χ2v) is 5.69. The topological polar surface area (TPSA) is 73.6 Å². The summed E-state index contributed by atoms with van der Waals surface area (Å²) in [6.45, 7) is 5.64. The number of halogens is 1. The predicted molar refractivity (Wildman–Crippen MR) is 108 cm³/mol. The number of nitrogens with two attached hydrogens (primary N) is 1. The number of carbonyl (C=O) groups is 1. The first-order valence-electron chi connectivity index (χ1n) is 8.66. The smallest absolute Gasteiger partial charge is 0.251 e. The van der Waals surface area contributed by atoms with E-state index in [0.717, 1.165) is 24.1 Å². The maximum atomic E-state index is 12.3. The van der Waals surface area contributed by atoms with Crippen LogP contribution in [0.3, 0.4) is 0 Å². The van der Waals surface area contributed by atoms with Crippen molar-refractivity contribution in [3.63, 3.8) is 0 Å². The fourth-order valence-corrected chi connectivity index (χ4v) is 2.36. The van der Waals surface area contributed by atoms with Gasteiger partial charge in [0.1, 0.15) is 0 Å². The van der Waals surface area contributed by atoms with Crippen molar-refractivity contribution in [1.29, 1.82) is 0 Å². The van der Waals surface area contributed by atoms with Crippen LogP contribution in [0.1, 0.15) is 36.2 Å². The molecular formula is C20H27ClN2O3. The Morgan fingerprint density at radius 3 is 2.42 bits per heavy atom. The molecule has 0 atom stereocenters. The lowest BCUT2D eigenvalue weighted by Gasteiger charge is -2.13. The Hall–Kier alpha value is -2.40. The van der Waals surface area contributed by atoms with E-state index >= 15 is 0 Å². The average molecular weight is 379 g/mol. The van der Waals surface area contributed by atoms with Gasteiger partial charge in [-0.15, -0.1) is 12.4 Å². The molecule has 0 radical (unpaired) electrons. The summed E-state index contributed by atoms with van der Waals surface area (Å²) < 4.78 is 11.2. The second kappa shape index (κ2) is 11.3. The fourth-order valence-electron chi connectivity index (χ4n) is 2.36. The number of nitrogen functional groups attached to an aromatic ring is 1. The molecule has 3 N–H and O–H groups in total. The first-order valence-corrected chi connectivity index (χ1v) is 8.66. The van der Waals surface area contributed by atoms with Crippen molar-refractivity contribution in [3.05, 3.63) is 53.6 Å². The molecule has 0 aliphatic rings. The van der Waals surface area contributed by atoms with E-state index in [0.29, 0.717) is 36.8 Å². The van der Waals surface area contributed by atoms with Crippen LogP contribution in [0.15, 0.2) is 42.5 Å². The van der Waals surface area contributed by atoms with E-state index in [1.807, 2.05) is 38.1 Å². The van der Waals surface area contributed by atoms with Crippen molar-refractivity contribution in [2.45, 2.75) is 26.7 Å². The minimum absolute atomic E-state index is 0. The highest BCUT2D eigenvalue weighted by Gasteiger charge is 2.11. The lowest BCUT2D eigenvalue weighted by Crippen LogP contribution is -2.25. The first-order chi connectivity index (χ1) is 12.1. The van der Waals surface area contributed by atoms with E-state index in [1.54, 1.807) is 18.2 Å². The SMILES string of the molecule is CCCOc1ccc(C(=O)NCCc2ccc(N)cc2)cc1OCC.Cl. The van der Waals surface area contributed by atoms with E-state index in [9.17, 15) is 4.79 Å². The highest BCUT2D eigenvalue weighted by Crippen LogP contribution is 2.28. The summed E-state index contributed by atoms with van der Waals surface area (Å²) in [5.74, 6) is 1.14. The van der Waals surface area contributed by atoms with E-state index in [2.05, 4.69) is 5.32 Å². The fraction of sp³-hybridized carbons (Fsp3) is 0.350. The van der Waals surface area contributed by atoms with Crippen LogP contribution in [0.5, 0.6) is 11.5 Å². The molecule has 0 saturated heterocycles. The van der Waals surface area contributed by atoms with Gasteiger partial charge in [0.05, 0.1) is 13.2 Å². The maximum absolute atomic E-state index is 12.3. The van der Waals surface area contributed by atoms with Gasteiger partial charge in [-0.1, -0.05) is 19.1 Å². The third-order valence-corrected chi connectivity index (χ3v) is 3.65. The molecular weight excluding hydrogens is 352 g/mol. The van der Waals surface area contributed by atoms with Gasteiger partial charge in [-0.05, 0) is 55.7 Å².